The Hall–Kier alpha value is -1.95. The Balaban J connectivity index is 2.16. The van der Waals surface area contributed by atoms with Gasteiger partial charge in [-0.2, -0.15) is 0 Å². The molecule has 6 nitrogen and oxygen atoms in total. The van der Waals surface area contributed by atoms with Gasteiger partial charge < -0.3 is 16.4 Å². The maximum Gasteiger partial charge on any atom is 0.267 e. The Kier molecular flexibility index (Phi) is 4.11. The van der Waals surface area contributed by atoms with Crippen molar-refractivity contribution in [3.05, 3.63) is 29.6 Å². The summed E-state index contributed by atoms with van der Waals surface area (Å²) >= 11 is 0. The van der Waals surface area contributed by atoms with Gasteiger partial charge in [0.05, 0.1) is 5.56 Å². The zero-order chi connectivity index (χ0) is 13.8. The van der Waals surface area contributed by atoms with E-state index in [1.165, 1.54) is 12.3 Å². The van der Waals surface area contributed by atoms with Crippen LogP contribution in [0.3, 0.4) is 0 Å². The molecule has 0 spiro atoms. The van der Waals surface area contributed by atoms with Gasteiger partial charge in [0.1, 0.15) is 5.69 Å². The summed E-state index contributed by atoms with van der Waals surface area (Å²) < 4.78 is 0. The number of hydrogen-bond donors (Lipinski definition) is 2. The largest absolute Gasteiger partial charge is 0.364 e. The first kappa shape index (κ1) is 13.5. The summed E-state index contributed by atoms with van der Waals surface area (Å²) in [6.07, 6.45) is 4.43. The standard InChI is InChI=1S/C13H18N4O2/c14-7-10-3-1-2-6-17(10)13(19)9-4-5-11(12(15)18)16-8-9/h4-5,8,10H,1-3,6-7,14H2,(H2,15,18)/t10-/m0/s1. The maximum absolute atomic E-state index is 12.4. The van der Waals surface area contributed by atoms with E-state index in [1.807, 2.05) is 0 Å². The summed E-state index contributed by atoms with van der Waals surface area (Å²) in [6.45, 7) is 1.19. The third-order valence-electron chi connectivity index (χ3n) is 3.42. The molecule has 4 N–H and O–H groups in total. The van der Waals surface area contributed by atoms with Gasteiger partial charge in [0.15, 0.2) is 0 Å². The number of rotatable bonds is 3. The van der Waals surface area contributed by atoms with Crippen molar-refractivity contribution >= 4 is 11.8 Å². The number of nitrogens with two attached hydrogens (primary N) is 2. The predicted octanol–water partition coefficient (Wildman–Crippen LogP) is 0.134. The van der Waals surface area contributed by atoms with Crippen LogP contribution in [0.2, 0.25) is 0 Å². The van der Waals surface area contributed by atoms with Crippen LogP contribution in [0.4, 0.5) is 0 Å². The molecule has 1 aromatic rings. The van der Waals surface area contributed by atoms with Crippen LogP contribution < -0.4 is 11.5 Å². The third-order valence-corrected chi connectivity index (χ3v) is 3.42. The lowest BCUT2D eigenvalue weighted by atomic mass is 10.0. The van der Waals surface area contributed by atoms with Gasteiger partial charge in [-0.1, -0.05) is 0 Å². The smallest absolute Gasteiger partial charge is 0.267 e. The van der Waals surface area contributed by atoms with E-state index in [1.54, 1.807) is 11.0 Å². The minimum absolute atomic E-state index is 0.0846. The summed E-state index contributed by atoms with van der Waals surface area (Å²) in [5.41, 5.74) is 11.4. The van der Waals surface area contributed by atoms with Crippen LogP contribution in [-0.2, 0) is 0 Å². The van der Waals surface area contributed by atoms with Crippen LogP contribution in [0.1, 0.15) is 40.1 Å². The number of nitrogens with zero attached hydrogens (tertiary/aromatic N) is 2. The van der Waals surface area contributed by atoms with Crippen molar-refractivity contribution in [2.75, 3.05) is 13.1 Å². The highest BCUT2D eigenvalue weighted by atomic mass is 16.2. The Morgan fingerprint density at radius 2 is 2.16 bits per heavy atom. The number of hydrogen-bond acceptors (Lipinski definition) is 4. The second kappa shape index (κ2) is 5.79. The molecule has 102 valence electrons. The Bertz CT molecular complexity index is 472. The number of amides is 2. The molecule has 0 unspecified atom stereocenters. The van der Waals surface area contributed by atoms with Crippen molar-refractivity contribution in [2.24, 2.45) is 11.5 Å². The van der Waals surface area contributed by atoms with Gasteiger partial charge in [0.2, 0.25) is 0 Å². The van der Waals surface area contributed by atoms with Gasteiger partial charge in [0.25, 0.3) is 11.8 Å². The maximum atomic E-state index is 12.4. The van der Waals surface area contributed by atoms with Crippen molar-refractivity contribution < 1.29 is 9.59 Å². The number of likely N-dealkylation sites (tertiary alicyclic amines) is 1. The molecule has 1 aliphatic heterocycles. The highest BCUT2D eigenvalue weighted by Gasteiger charge is 2.26. The van der Waals surface area contributed by atoms with E-state index in [0.29, 0.717) is 12.1 Å². The first-order valence-corrected chi connectivity index (χ1v) is 6.40. The number of carbonyl (C=O) groups excluding carboxylic acids is 2. The van der Waals surface area contributed by atoms with Gasteiger partial charge in [-0.3, -0.25) is 14.6 Å². The monoisotopic (exact) mass is 262 g/mol. The van der Waals surface area contributed by atoms with E-state index < -0.39 is 5.91 Å². The number of primary amides is 1. The molecule has 1 fully saturated rings. The minimum atomic E-state index is -0.600. The molecule has 0 saturated carbocycles. The average Bonchev–Trinajstić information content (AvgIpc) is 2.46. The number of carbonyl (C=O) groups is 2. The zero-order valence-corrected chi connectivity index (χ0v) is 10.7. The fourth-order valence-electron chi connectivity index (χ4n) is 2.34. The molecule has 19 heavy (non-hydrogen) atoms. The number of pyridine rings is 1. The lowest BCUT2D eigenvalue weighted by Crippen LogP contribution is -2.47. The SMILES string of the molecule is NC[C@@H]1CCCCN1C(=O)c1ccc(C(N)=O)nc1. The highest BCUT2D eigenvalue weighted by molar-refractivity contribution is 5.96. The van der Waals surface area contributed by atoms with E-state index in [-0.39, 0.29) is 17.6 Å². The lowest BCUT2D eigenvalue weighted by Gasteiger charge is -2.35. The second-order valence-corrected chi connectivity index (χ2v) is 4.68. The molecule has 2 rings (SSSR count). The molecule has 0 radical (unpaired) electrons. The van der Waals surface area contributed by atoms with E-state index >= 15 is 0 Å². The molecular formula is C13H18N4O2. The topological polar surface area (TPSA) is 102 Å². The summed E-state index contributed by atoms with van der Waals surface area (Å²) in [7, 11) is 0. The summed E-state index contributed by atoms with van der Waals surface area (Å²) in [5.74, 6) is -0.685. The highest BCUT2D eigenvalue weighted by Crippen LogP contribution is 2.18. The molecule has 1 saturated heterocycles. The van der Waals surface area contributed by atoms with Gasteiger partial charge in [-0.15, -0.1) is 0 Å². The molecular weight excluding hydrogens is 244 g/mol. The predicted molar refractivity (Wildman–Crippen MR) is 70.5 cm³/mol. The van der Waals surface area contributed by atoms with Crippen molar-refractivity contribution in [1.82, 2.24) is 9.88 Å². The Labute approximate surface area is 111 Å². The fraction of sp³-hybridized carbons (Fsp3) is 0.462. The van der Waals surface area contributed by atoms with Crippen LogP contribution >= 0.6 is 0 Å². The van der Waals surface area contributed by atoms with Crippen molar-refractivity contribution in [1.29, 1.82) is 0 Å². The number of aromatic nitrogens is 1. The summed E-state index contributed by atoms with van der Waals surface area (Å²) in [6, 6.07) is 3.14. The number of piperidine rings is 1. The first-order valence-electron chi connectivity index (χ1n) is 6.40. The van der Waals surface area contributed by atoms with Gasteiger partial charge in [-0.25, -0.2) is 0 Å². The molecule has 2 heterocycles. The first-order chi connectivity index (χ1) is 9.13. The second-order valence-electron chi connectivity index (χ2n) is 4.68. The van der Waals surface area contributed by atoms with Crippen LogP contribution in [0.25, 0.3) is 0 Å². The molecule has 0 bridgehead atoms. The van der Waals surface area contributed by atoms with E-state index in [0.717, 1.165) is 25.8 Å². The molecule has 6 heteroatoms. The third kappa shape index (κ3) is 2.90. The Morgan fingerprint density at radius 1 is 1.37 bits per heavy atom. The summed E-state index contributed by atoms with van der Waals surface area (Å²) in [4.78, 5) is 29.0. The molecule has 2 amide bonds. The minimum Gasteiger partial charge on any atom is -0.364 e. The van der Waals surface area contributed by atoms with Crippen LogP contribution in [0.5, 0.6) is 0 Å². The van der Waals surface area contributed by atoms with Crippen molar-refractivity contribution in [2.45, 2.75) is 25.3 Å². The van der Waals surface area contributed by atoms with Crippen LogP contribution in [0, 0.1) is 0 Å². The lowest BCUT2D eigenvalue weighted by molar-refractivity contribution is 0.0622. The molecule has 1 aromatic heterocycles. The van der Waals surface area contributed by atoms with E-state index in [4.69, 9.17) is 11.5 Å². The van der Waals surface area contributed by atoms with Gasteiger partial charge in [-0.05, 0) is 31.4 Å². The zero-order valence-electron chi connectivity index (χ0n) is 10.7. The fourth-order valence-corrected chi connectivity index (χ4v) is 2.34. The quantitative estimate of drug-likeness (QED) is 0.808. The molecule has 1 aliphatic rings. The van der Waals surface area contributed by atoms with Gasteiger partial charge in [0, 0.05) is 25.3 Å². The normalized spacial score (nSPS) is 19.2. The van der Waals surface area contributed by atoms with E-state index in [2.05, 4.69) is 4.98 Å². The van der Waals surface area contributed by atoms with Gasteiger partial charge >= 0.3 is 0 Å². The molecule has 1 atom stereocenters. The van der Waals surface area contributed by atoms with Crippen LogP contribution in [0.15, 0.2) is 18.3 Å². The average molecular weight is 262 g/mol. The van der Waals surface area contributed by atoms with Crippen molar-refractivity contribution in [3.8, 4) is 0 Å². The van der Waals surface area contributed by atoms with E-state index in [9.17, 15) is 9.59 Å². The van der Waals surface area contributed by atoms with Crippen molar-refractivity contribution in [3.63, 3.8) is 0 Å². The Morgan fingerprint density at radius 3 is 2.74 bits per heavy atom. The van der Waals surface area contributed by atoms with Crippen LogP contribution in [-0.4, -0.2) is 40.8 Å². The summed E-state index contributed by atoms with van der Waals surface area (Å²) in [5, 5.41) is 0. The molecule has 0 aliphatic carbocycles. The molecule has 0 aromatic carbocycles.